The van der Waals surface area contributed by atoms with Gasteiger partial charge in [0.1, 0.15) is 6.17 Å². The molecule has 8 heavy (non-hydrogen) atoms. The number of hydrogen-bond donors (Lipinski definition) is 0. The first-order valence-corrected chi connectivity index (χ1v) is 2.47. The van der Waals surface area contributed by atoms with E-state index < -0.39 is 18.1 Å². The topological polar surface area (TPSA) is 26.3 Å². The van der Waals surface area contributed by atoms with E-state index in [1.54, 1.807) is 0 Å². The van der Waals surface area contributed by atoms with Crippen LogP contribution in [0.3, 0.4) is 0 Å². The summed E-state index contributed by atoms with van der Waals surface area (Å²) in [5.41, 5.74) is 0. The molecule has 1 aliphatic rings. The molecule has 0 saturated heterocycles. The van der Waals surface area contributed by atoms with Crippen LogP contribution in [0.15, 0.2) is 0 Å². The standard InChI is InChI=1S/C5H7FO2/c1-8-5(7)3-2-4(3)6/h3-4H,2H2,1H3/t3-,4+/m1/s1. The Morgan fingerprint density at radius 3 is 2.50 bits per heavy atom. The third kappa shape index (κ3) is 0.804. The van der Waals surface area contributed by atoms with Crippen LogP contribution in [-0.2, 0) is 9.53 Å². The van der Waals surface area contributed by atoms with Crippen LogP contribution < -0.4 is 0 Å². The summed E-state index contributed by atoms with van der Waals surface area (Å²) < 4.78 is 16.2. The maximum Gasteiger partial charge on any atom is 0.311 e. The van der Waals surface area contributed by atoms with Crippen molar-refractivity contribution in [2.24, 2.45) is 5.92 Å². The Hall–Kier alpha value is -0.600. The largest absolute Gasteiger partial charge is 0.469 e. The fourth-order valence-electron chi connectivity index (χ4n) is 0.559. The Labute approximate surface area is 46.6 Å². The normalized spacial score (nSPS) is 34.2. The van der Waals surface area contributed by atoms with Gasteiger partial charge in [0.25, 0.3) is 0 Å². The van der Waals surface area contributed by atoms with Crippen LogP contribution in [0.2, 0.25) is 0 Å². The maximum atomic E-state index is 11.9. The van der Waals surface area contributed by atoms with E-state index in [0.29, 0.717) is 6.42 Å². The van der Waals surface area contributed by atoms with Crippen molar-refractivity contribution >= 4 is 5.97 Å². The molecule has 0 aromatic heterocycles. The van der Waals surface area contributed by atoms with Gasteiger partial charge in [0.15, 0.2) is 0 Å². The lowest BCUT2D eigenvalue weighted by atomic mass is 10.4. The van der Waals surface area contributed by atoms with E-state index in [1.807, 2.05) is 0 Å². The molecule has 1 fully saturated rings. The highest BCUT2D eigenvalue weighted by molar-refractivity contribution is 5.76. The lowest BCUT2D eigenvalue weighted by Crippen LogP contribution is -2.03. The van der Waals surface area contributed by atoms with Gasteiger partial charge in [0.05, 0.1) is 13.0 Å². The van der Waals surface area contributed by atoms with Gasteiger partial charge < -0.3 is 4.74 Å². The minimum Gasteiger partial charge on any atom is -0.469 e. The quantitative estimate of drug-likeness (QED) is 0.469. The lowest BCUT2D eigenvalue weighted by molar-refractivity contribution is -0.142. The monoisotopic (exact) mass is 118 g/mol. The Morgan fingerprint density at radius 2 is 2.38 bits per heavy atom. The summed E-state index contributed by atoms with van der Waals surface area (Å²) in [5, 5.41) is 0. The van der Waals surface area contributed by atoms with Gasteiger partial charge in [0.2, 0.25) is 0 Å². The molecule has 0 spiro atoms. The molecule has 0 aromatic carbocycles. The predicted molar refractivity (Wildman–Crippen MR) is 25.0 cm³/mol. The zero-order valence-corrected chi connectivity index (χ0v) is 4.56. The lowest BCUT2D eigenvalue weighted by Gasteiger charge is -1.90. The van der Waals surface area contributed by atoms with Crippen molar-refractivity contribution < 1.29 is 13.9 Å². The summed E-state index contributed by atoms with van der Waals surface area (Å²) >= 11 is 0. The average molecular weight is 118 g/mol. The number of rotatable bonds is 1. The van der Waals surface area contributed by atoms with Crippen molar-refractivity contribution in [1.29, 1.82) is 0 Å². The molecular formula is C5H7FO2. The molecule has 0 bridgehead atoms. The molecule has 1 aliphatic carbocycles. The average Bonchev–Trinajstić information content (AvgIpc) is 2.45. The molecule has 1 saturated carbocycles. The molecule has 3 heteroatoms. The van der Waals surface area contributed by atoms with Crippen LogP contribution in [0.25, 0.3) is 0 Å². The molecule has 0 radical (unpaired) electrons. The highest BCUT2D eigenvalue weighted by Crippen LogP contribution is 2.34. The molecule has 0 amide bonds. The van der Waals surface area contributed by atoms with Crippen LogP contribution in [0.4, 0.5) is 4.39 Å². The molecule has 2 atom stereocenters. The second-order valence-electron chi connectivity index (χ2n) is 1.88. The van der Waals surface area contributed by atoms with E-state index in [-0.39, 0.29) is 0 Å². The first-order valence-electron chi connectivity index (χ1n) is 2.47. The van der Waals surface area contributed by atoms with Gasteiger partial charge in [-0.2, -0.15) is 0 Å². The number of alkyl halides is 1. The number of hydrogen-bond acceptors (Lipinski definition) is 2. The third-order valence-corrected chi connectivity index (χ3v) is 1.22. The Bertz CT molecular complexity index is 113. The van der Waals surface area contributed by atoms with E-state index in [4.69, 9.17) is 0 Å². The van der Waals surface area contributed by atoms with E-state index in [9.17, 15) is 9.18 Å². The van der Waals surface area contributed by atoms with Gasteiger partial charge >= 0.3 is 5.97 Å². The second kappa shape index (κ2) is 1.73. The highest BCUT2D eigenvalue weighted by Gasteiger charge is 2.44. The number of carbonyl (C=O) groups is 1. The summed E-state index contributed by atoms with van der Waals surface area (Å²) in [7, 11) is 1.27. The molecule has 0 heterocycles. The fraction of sp³-hybridized carbons (Fsp3) is 0.800. The summed E-state index contributed by atoms with van der Waals surface area (Å²) in [6.45, 7) is 0. The summed E-state index contributed by atoms with van der Waals surface area (Å²) in [6.07, 6.45) is -0.574. The van der Waals surface area contributed by atoms with Gasteiger partial charge in [-0.15, -0.1) is 0 Å². The van der Waals surface area contributed by atoms with Gasteiger partial charge in [-0.3, -0.25) is 4.79 Å². The highest BCUT2D eigenvalue weighted by atomic mass is 19.1. The van der Waals surface area contributed by atoms with Crippen molar-refractivity contribution in [2.75, 3.05) is 7.11 Å². The van der Waals surface area contributed by atoms with E-state index in [1.165, 1.54) is 7.11 Å². The van der Waals surface area contributed by atoms with Crippen molar-refractivity contribution in [3.8, 4) is 0 Å². The first kappa shape index (κ1) is 5.54. The SMILES string of the molecule is COC(=O)[C@@H]1C[C@@H]1F. The number of ether oxygens (including phenoxy) is 1. The maximum absolute atomic E-state index is 11.9. The Balaban J connectivity index is 2.28. The number of esters is 1. The molecule has 0 N–H and O–H groups in total. The molecule has 0 aliphatic heterocycles. The number of halogens is 1. The van der Waals surface area contributed by atoms with Gasteiger partial charge in [-0.1, -0.05) is 0 Å². The van der Waals surface area contributed by atoms with Gasteiger partial charge in [0, 0.05) is 0 Å². The van der Waals surface area contributed by atoms with E-state index >= 15 is 0 Å². The van der Waals surface area contributed by atoms with Crippen molar-refractivity contribution in [3.63, 3.8) is 0 Å². The van der Waals surface area contributed by atoms with E-state index in [2.05, 4.69) is 4.74 Å². The molecule has 0 unspecified atom stereocenters. The van der Waals surface area contributed by atoms with Crippen LogP contribution in [0.1, 0.15) is 6.42 Å². The summed E-state index contributed by atoms with van der Waals surface area (Å²) in [4.78, 5) is 10.3. The van der Waals surface area contributed by atoms with Crippen molar-refractivity contribution in [3.05, 3.63) is 0 Å². The minimum absolute atomic E-state index is 0.354. The first-order chi connectivity index (χ1) is 3.75. The van der Waals surface area contributed by atoms with Crippen molar-refractivity contribution in [1.82, 2.24) is 0 Å². The second-order valence-corrected chi connectivity index (χ2v) is 1.88. The van der Waals surface area contributed by atoms with Gasteiger partial charge in [-0.05, 0) is 6.42 Å². The summed E-state index contributed by atoms with van der Waals surface area (Å²) in [6, 6.07) is 0. The zero-order valence-electron chi connectivity index (χ0n) is 4.56. The smallest absolute Gasteiger partial charge is 0.311 e. The molecule has 46 valence electrons. The Morgan fingerprint density at radius 1 is 1.88 bits per heavy atom. The minimum atomic E-state index is -0.928. The molecule has 1 rings (SSSR count). The van der Waals surface area contributed by atoms with Crippen LogP contribution in [0.5, 0.6) is 0 Å². The number of methoxy groups -OCH3 is 1. The Kier molecular flexibility index (Phi) is 1.19. The van der Waals surface area contributed by atoms with Crippen LogP contribution in [0, 0.1) is 5.92 Å². The molecular weight excluding hydrogens is 111 g/mol. The van der Waals surface area contributed by atoms with Crippen LogP contribution in [-0.4, -0.2) is 19.3 Å². The van der Waals surface area contributed by atoms with E-state index in [0.717, 1.165) is 0 Å². The predicted octanol–water partition coefficient (Wildman–Crippen LogP) is 0.517. The molecule has 2 nitrogen and oxygen atoms in total. The van der Waals surface area contributed by atoms with Gasteiger partial charge in [-0.25, -0.2) is 4.39 Å². The zero-order chi connectivity index (χ0) is 6.15. The van der Waals surface area contributed by atoms with Crippen LogP contribution >= 0.6 is 0 Å². The molecule has 0 aromatic rings. The summed E-state index contributed by atoms with van der Waals surface area (Å²) in [5.74, 6) is -0.863. The van der Waals surface area contributed by atoms with Crippen molar-refractivity contribution in [2.45, 2.75) is 12.6 Å². The number of carbonyl (C=O) groups excluding carboxylic acids is 1. The third-order valence-electron chi connectivity index (χ3n) is 1.22. The fourth-order valence-corrected chi connectivity index (χ4v) is 0.559.